The molecule has 3 nitrogen and oxygen atoms in total. The van der Waals surface area contributed by atoms with Gasteiger partial charge < -0.3 is 4.74 Å². The first-order valence-electron chi connectivity index (χ1n) is 7.48. The third-order valence-electron chi connectivity index (χ3n) is 4.45. The van der Waals surface area contributed by atoms with Gasteiger partial charge in [-0.2, -0.15) is 5.26 Å². The molecule has 0 bridgehead atoms. The van der Waals surface area contributed by atoms with Gasteiger partial charge in [-0.1, -0.05) is 26.0 Å². The zero-order valence-electron chi connectivity index (χ0n) is 12.6. The van der Waals surface area contributed by atoms with Gasteiger partial charge in [0.05, 0.1) is 6.07 Å². The molecule has 1 fully saturated rings. The minimum absolute atomic E-state index is 0.410. The van der Waals surface area contributed by atoms with E-state index in [1.807, 2.05) is 19.2 Å². The first-order valence-corrected chi connectivity index (χ1v) is 7.48. The number of rotatable bonds is 7. The van der Waals surface area contributed by atoms with Gasteiger partial charge in [-0.3, -0.25) is 5.32 Å². The molecular formula is C17H24N2O. The summed E-state index contributed by atoms with van der Waals surface area (Å²) < 4.78 is 5.84. The van der Waals surface area contributed by atoms with E-state index < -0.39 is 5.54 Å². The van der Waals surface area contributed by atoms with Crippen LogP contribution in [0.4, 0.5) is 0 Å². The van der Waals surface area contributed by atoms with Gasteiger partial charge >= 0.3 is 0 Å². The second-order valence-corrected chi connectivity index (χ2v) is 5.77. The van der Waals surface area contributed by atoms with Crippen LogP contribution in [0.25, 0.3) is 0 Å². The molecule has 1 aromatic carbocycles. The Kier molecular flexibility index (Phi) is 4.67. The molecule has 0 aliphatic heterocycles. The fourth-order valence-electron chi connectivity index (χ4n) is 2.48. The summed E-state index contributed by atoms with van der Waals surface area (Å²) in [5.74, 6) is 1.84. The van der Waals surface area contributed by atoms with Crippen molar-refractivity contribution in [1.82, 2.24) is 5.32 Å². The summed E-state index contributed by atoms with van der Waals surface area (Å²) in [6.07, 6.45) is 3.37. The van der Waals surface area contributed by atoms with Gasteiger partial charge in [0.25, 0.3) is 0 Å². The van der Waals surface area contributed by atoms with Gasteiger partial charge in [0.2, 0.25) is 0 Å². The van der Waals surface area contributed by atoms with E-state index in [0.29, 0.717) is 18.4 Å². The Morgan fingerprint density at radius 2 is 2.05 bits per heavy atom. The molecule has 20 heavy (non-hydrogen) atoms. The highest BCUT2D eigenvalue weighted by Crippen LogP contribution is 2.39. The third kappa shape index (κ3) is 3.13. The monoisotopic (exact) mass is 272 g/mol. The Balaban J connectivity index is 1.98. The fourth-order valence-corrected chi connectivity index (χ4v) is 2.48. The van der Waals surface area contributed by atoms with Crippen LogP contribution in [0.2, 0.25) is 0 Å². The first kappa shape index (κ1) is 14.9. The van der Waals surface area contributed by atoms with Gasteiger partial charge in [0.1, 0.15) is 17.9 Å². The molecule has 0 amide bonds. The number of nitrogens with one attached hydrogen (secondary N) is 1. The fraction of sp³-hybridized carbons (Fsp3) is 0.588. The van der Waals surface area contributed by atoms with E-state index in [0.717, 1.165) is 25.0 Å². The average Bonchev–Trinajstić information content (AvgIpc) is 3.34. The summed E-state index contributed by atoms with van der Waals surface area (Å²) in [5, 5.41) is 12.6. The highest BCUT2D eigenvalue weighted by Gasteiger charge is 2.45. The number of hydrogen-bond acceptors (Lipinski definition) is 3. The molecular weight excluding hydrogens is 248 g/mol. The van der Waals surface area contributed by atoms with Crippen LogP contribution in [-0.4, -0.2) is 19.2 Å². The largest absolute Gasteiger partial charge is 0.491 e. The Labute approximate surface area is 121 Å². The van der Waals surface area contributed by atoms with E-state index in [1.165, 1.54) is 5.56 Å². The summed E-state index contributed by atoms with van der Waals surface area (Å²) in [7, 11) is 1.84. The van der Waals surface area contributed by atoms with E-state index in [9.17, 15) is 5.26 Å². The molecule has 1 aromatic rings. The van der Waals surface area contributed by atoms with Crippen LogP contribution < -0.4 is 10.1 Å². The molecule has 0 heterocycles. The molecule has 0 aromatic heterocycles. The van der Waals surface area contributed by atoms with E-state index >= 15 is 0 Å². The normalized spacial score (nSPS) is 18.9. The predicted molar refractivity (Wildman–Crippen MR) is 80.8 cm³/mol. The minimum atomic E-state index is -0.532. The molecule has 2 unspecified atom stereocenters. The lowest BCUT2D eigenvalue weighted by molar-refractivity contribution is 0.211. The maximum absolute atomic E-state index is 9.42. The predicted octanol–water partition coefficient (Wildman–Crippen LogP) is 3.47. The highest BCUT2D eigenvalue weighted by molar-refractivity contribution is 5.29. The second-order valence-electron chi connectivity index (χ2n) is 5.77. The molecule has 1 aliphatic rings. The molecule has 108 valence electrons. The lowest BCUT2D eigenvalue weighted by atomic mass is 9.96. The number of ether oxygens (including phenoxy) is 1. The molecule has 1 aliphatic carbocycles. The number of likely N-dealkylation sites (N-methyl/N-ethyl adjacent to an activating group) is 1. The van der Waals surface area contributed by atoms with Crippen molar-refractivity contribution in [2.24, 2.45) is 5.92 Å². The van der Waals surface area contributed by atoms with E-state index in [4.69, 9.17) is 4.74 Å². The van der Waals surface area contributed by atoms with Crippen LogP contribution in [0.5, 0.6) is 5.75 Å². The molecule has 0 saturated heterocycles. The van der Waals surface area contributed by atoms with Crippen molar-refractivity contribution in [2.75, 3.05) is 13.7 Å². The number of nitrogens with zero attached hydrogens (tertiary/aromatic N) is 1. The summed E-state index contributed by atoms with van der Waals surface area (Å²) in [6.45, 7) is 4.83. The van der Waals surface area contributed by atoms with E-state index in [1.54, 1.807) is 0 Å². The highest BCUT2D eigenvalue weighted by atomic mass is 16.5. The van der Waals surface area contributed by atoms with Crippen molar-refractivity contribution >= 4 is 0 Å². The minimum Gasteiger partial charge on any atom is -0.491 e. The molecule has 1 N–H and O–H groups in total. The van der Waals surface area contributed by atoms with Crippen LogP contribution in [0.1, 0.15) is 44.6 Å². The van der Waals surface area contributed by atoms with Crippen molar-refractivity contribution in [1.29, 1.82) is 5.26 Å². The quantitative estimate of drug-likeness (QED) is 0.826. The van der Waals surface area contributed by atoms with E-state index in [2.05, 4.69) is 37.4 Å². The lowest BCUT2D eigenvalue weighted by Crippen LogP contribution is -2.49. The van der Waals surface area contributed by atoms with Gasteiger partial charge in [-0.15, -0.1) is 0 Å². The Bertz CT molecular complexity index is 473. The first-order chi connectivity index (χ1) is 9.65. The molecule has 0 radical (unpaired) electrons. The summed E-state index contributed by atoms with van der Waals surface area (Å²) >= 11 is 0. The van der Waals surface area contributed by atoms with Crippen LogP contribution in [-0.2, 0) is 0 Å². The zero-order valence-corrected chi connectivity index (χ0v) is 12.6. The molecule has 2 rings (SSSR count). The third-order valence-corrected chi connectivity index (χ3v) is 4.45. The summed E-state index contributed by atoms with van der Waals surface area (Å²) in [5.41, 5.74) is 0.803. The van der Waals surface area contributed by atoms with Crippen molar-refractivity contribution in [3.05, 3.63) is 29.8 Å². The molecule has 0 spiro atoms. The molecule has 3 heteroatoms. The van der Waals surface area contributed by atoms with Crippen LogP contribution in [0.3, 0.4) is 0 Å². The molecule has 1 saturated carbocycles. The van der Waals surface area contributed by atoms with Gasteiger partial charge in [-0.05, 0) is 55.8 Å². The van der Waals surface area contributed by atoms with E-state index in [-0.39, 0.29) is 0 Å². The maximum atomic E-state index is 9.42. The summed E-state index contributed by atoms with van der Waals surface area (Å²) in [4.78, 5) is 0. The van der Waals surface area contributed by atoms with Gasteiger partial charge in [0, 0.05) is 0 Å². The van der Waals surface area contributed by atoms with Crippen molar-refractivity contribution < 1.29 is 4.74 Å². The van der Waals surface area contributed by atoms with Gasteiger partial charge in [-0.25, -0.2) is 0 Å². The second kappa shape index (κ2) is 6.28. The number of benzene rings is 1. The number of hydrogen-bond donors (Lipinski definition) is 1. The Hall–Kier alpha value is -1.53. The zero-order chi connectivity index (χ0) is 14.6. The van der Waals surface area contributed by atoms with Crippen molar-refractivity contribution in [3.8, 4) is 11.8 Å². The summed E-state index contributed by atoms with van der Waals surface area (Å²) in [6, 6.07) is 10.7. The lowest BCUT2D eigenvalue weighted by Gasteiger charge is -2.26. The topological polar surface area (TPSA) is 45.0 Å². The standard InChI is InChI=1S/C17H24N2O/c1-4-13(2)14-5-9-16(10-6-14)20-12-17(11-18,19-3)15-7-8-15/h5-6,9-10,13,15,19H,4,7-8,12H2,1-3H3. The SMILES string of the molecule is CCC(C)c1ccc(OCC(C#N)(NC)C2CC2)cc1. The average molecular weight is 272 g/mol. The smallest absolute Gasteiger partial charge is 0.143 e. The Morgan fingerprint density at radius 1 is 1.40 bits per heavy atom. The van der Waals surface area contributed by atoms with Gasteiger partial charge in [0.15, 0.2) is 0 Å². The van der Waals surface area contributed by atoms with Crippen LogP contribution in [0, 0.1) is 17.2 Å². The molecule has 2 atom stereocenters. The maximum Gasteiger partial charge on any atom is 0.143 e. The van der Waals surface area contributed by atoms with Crippen LogP contribution >= 0.6 is 0 Å². The van der Waals surface area contributed by atoms with Crippen LogP contribution in [0.15, 0.2) is 24.3 Å². The number of nitriles is 1. The Morgan fingerprint density at radius 3 is 2.50 bits per heavy atom. The van der Waals surface area contributed by atoms with Crippen molar-refractivity contribution in [3.63, 3.8) is 0 Å². The van der Waals surface area contributed by atoms with Crippen molar-refractivity contribution in [2.45, 2.75) is 44.6 Å².